The molecule has 0 saturated carbocycles. The molecule has 0 aromatic rings. The lowest BCUT2D eigenvalue weighted by atomic mass is 9.87. The van der Waals surface area contributed by atoms with E-state index in [4.69, 9.17) is 5.11 Å². The number of aliphatic carboxylic acids is 1. The van der Waals surface area contributed by atoms with Crippen molar-refractivity contribution in [3.05, 3.63) is 0 Å². The predicted molar refractivity (Wildman–Crippen MR) is 66.2 cm³/mol. The van der Waals surface area contributed by atoms with Gasteiger partial charge in [-0.05, 0) is 18.3 Å². The summed E-state index contributed by atoms with van der Waals surface area (Å²) in [6.07, 6.45) is 0.912. The first-order valence-corrected chi connectivity index (χ1v) is 6.18. The SMILES string of the molecule is CC(C)(C)C(NC(=O)N1CCCC(O)C1)C(=O)O. The smallest absolute Gasteiger partial charge is 0.326 e. The van der Waals surface area contributed by atoms with Gasteiger partial charge in [0.2, 0.25) is 0 Å². The van der Waals surface area contributed by atoms with Gasteiger partial charge in [-0.1, -0.05) is 20.8 Å². The fourth-order valence-electron chi connectivity index (χ4n) is 2.00. The predicted octanol–water partition coefficient (Wildman–Crippen LogP) is 0.652. The maximum atomic E-state index is 11.9. The first kappa shape index (κ1) is 14.8. The summed E-state index contributed by atoms with van der Waals surface area (Å²) in [4.78, 5) is 24.6. The summed E-state index contributed by atoms with van der Waals surface area (Å²) in [6.45, 7) is 6.10. The van der Waals surface area contributed by atoms with Crippen LogP contribution in [-0.2, 0) is 4.79 Å². The molecule has 2 unspecified atom stereocenters. The number of carboxylic acid groups (broad SMARTS) is 1. The molecular weight excluding hydrogens is 236 g/mol. The van der Waals surface area contributed by atoms with Gasteiger partial charge in [-0.3, -0.25) is 0 Å². The number of rotatable bonds is 2. The van der Waals surface area contributed by atoms with Gasteiger partial charge in [0.05, 0.1) is 6.10 Å². The average Bonchev–Trinajstić information content (AvgIpc) is 2.23. The normalized spacial score (nSPS) is 22.4. The summed E-state index contributed by atoms with van der Waals surface area (Å²) in [5.74, 6) is -1.05. The quantitative estimate of drug-likeness (QED) is 0.678. The van der Waals surface area contributed by atoms with Crippen molar-refractivity contribution in [3.8, 4) is 0 Å². The van der Waals surface area contributed by atoms with Crippen LogP contribution in [0.1, 0.15) is 33.6 Å². The molecule has 18 heavy (non-hydrogen) atoms. The van der Waals surface area contributed by atoms with Crippen LogP contribution in [0.15, 0.2) is 0 Å². The van der Waals surface area contributed by atoms with E-state index in [1.54, 1.807) is 20.8 Å². The van der Waals surface area contributed by atoms with Gasteiger partial charge in [-0.2, -0.15) is 0 Å². The van der Waals surface area contributed by atoms with E-state index in [0.29, 0.717) is 13.0 Å². The number of nitrogens with zero attached hydrogens (tertiary/aromatic N) is 1. The number of carbonyl (C=O) groups excluding carboxylic acids is 1. The van der Waals surface area contributed by atoms with Gasteiger partial charge >= 0.3 is 12.0 Å². The largest absolute Gasteiger partial charge is 0.480 e. The molecule has 104 valence electrons. The zero-order valence-electron chi connectivity index (χ0n) is 11.1. The Labute approximate surface area is 107 Å². The van der Waals surface area contributed by atoms with Crippen LogP contribution in [0, 0.1) is 5.41 Å². The lowest BCUT2D eigenvalue weighted by Gasteiger charge is -2.34. The Morgan fingerprint density at radius 3 is 2.44 bits per heavy atom. The number of nitrogens with one attached hydrogen (secondary N) is 1. The number of carbonyl (C=O) groups is 2. The van der Waals surface area contributed by atoms with Crippen LogP contribution in [0.4, 0.5) is 4.79 Å². The van der Waals surface area contributed by atoms with Crippen molar-refractivity contribution in [2.45, 2.75) is 45.8 Å². The fraction of sp³-hybridized carbons (Fsp3) is 0.833. The second-order valence-electron chi connectivity index (χ2n) is 5.83. The van der Waals surface area contributed by atoms with E-state index in [2.05, 4.69) is 5.32 Å². The maximum absolute atomic E-state index is 11.9. The molecule has 0 aliphatic carbocycles. The van der Waals surface area contributed by atoms with E-state index < -0.39 is 29.6 Å². The molecule has 1 fully saturated rings. The average molecular weight is 258 g/mol. The summed E-state index contributed by atoms with van der Waals surface area (Å²) in [5.41, 5.74) is -0.560. The van der Waals surface area contributed by atoms with Crippen LogP contribution in [0.25, 0.3) is 0 Å². The van der Waals surface area contributed by atoms with Crippen molar-refractivity contribution in [1.29, 1.82) is 0 Å². The van der Waals surface area contributed by atoms with Gasteiger partial charge in [0.1, 0.15) is 6.04 Å². The van der Waals surface area contributed by atoms with Crippen LogP contribution in [0.3, 0.4) is 0 Å². The zero-order valence-corrected chi connectivity index (χ0v) is 11.1. The highest BCUT2D eigenvalue weighted by atomic mass is 16.4. The number of amides is 2. The summed E-state index contributed by atoms with van der Waals surface area (Å²) in [6, 6.07) is -1.36. The van der Waals surface area contributed by atoms with E-state index in [-0.39, 0.29) is 6.54 Å². The number of β-amino-alcohol motifs (C(OH)–C–C–N with tert-alkyl or cyclic N) is 1. The summed E-state index contributed by atoms with van der Waals surface area (Å²) in [5, 5.41) is 21.1. The van der Waals surface area contributed by atoms with Crippen molar-refractivity contribution in [1.82, 2.24) is 10.2 Å². The molecule has 3 N–H and O–H groups in total. The highest BCUT2D eigenvalue weighted by Gasteiger charge is 2.34. The molecule has 0 aromatic heterocycles. The molecule has 6 heteroatoms. The van der Waals surface area contributed by atoms with Crippen molar-refractivity contribution in [2.75, 3.05) is 13.1 Å². The van der Waals surface area contributed by atoms with Crippen molar-refractivity contribution in [3.63, 3.8) is 0 Å². The summed E-state index contributed by atoms with van der Waals surface area (Å²) < 4.78 is 0. The monoisotopic (exact) mass is 258 g/mol. The van der Waals surface area contributed by atoms with Gasteiger partial charge in [-0.25, -0.2) is 9.59 Å². The molecule has 0 spiro atoms. The minimum absolute atomic E-state index is 0.266. The molecule has 0 bridgehead atoms. The lowest BCUT2D eigenvalue weighted by molar-refractivity contribution is -0.142. The number of carboxylic acids is 1. The van der Waals surface area contributed by atoms with Gasteiger partial charge in [-0.15, -0.1) is 0 Å². The van der Waals surface area contributed by atoms with Crippen LogP contribution < -0.4 is 5.32 Å². The highest BCUT2D eigenvalue weighted by Crippen LogP contribution is 2.20. The third kappa shape index (κ3) is 3.87. The van der Waals surface area contributed by atoms with E-state index >= 15 is 0 Å². The third-order valence-electron chi connectivity index (χ3n) is 3.06. The second-order valence-corrected chi connectivity index (χ2v) is 5.83. The van der Waals surface area contributed by atoms with Crippen LogP contribution in [0.5, 0.6) is 0 Å². The molecule has 1 aliphatic rings. The van der Waals surface area contributed by atoms with Crippen LogP contribution in [0.2, 0.25) is 0 Å². The topological polar surface area (TPSA) is 89.9 Å². The van der Waals surface area contributed by atoms with E-state index in [1.165, 1.54) is 4.90 Å². The first-order valence-electron chi connectivity index (χ1n) is 6.18. The van der Waals surface area contributed by atoms with E-state index in [1.807, 2.05) is 0 Å². The third-order valence-corrected chi connectivity index (χ3v) is 3.06. The van der Waals surface area contributed by atoms with Crippen LogP contribution >= 0.6 is 0 Å². The van der Waals surface area contributed by atoms with Gasteiger partial charge in [0.15, 0.2) is 0 Å². The molecule has 1 rings (SSSR count). The maximum Gasteiger partial charge on any atom is 0.326 e. The number of hydrogen-bond acceptors (Lipinski definition) is 3. The van der Waals surface area contributed by atoms with Crippen molar-refractivity contribution < 1.29 is 19.8 Å². The van der Waals surface area contributed by atoms with E-state index in [0.717, 1.165) is 6.42 Å². The fourth-order valence-corrected chi connectivity index (χ4v) is 2.00. The molecule has 2 amide bonds. The highest BCUT2D eigenvalue weighted by molar-refractivity contribution is 5.83. The minimum atomic E-state index is -1.05. The number of aliphatic hydroxyl groups is 1. The Morgan fingerprint density at radius 1 is 1.39 bits per heavy atom. The number of hydrogen-bond donors (Lipinski definition) is 3. The molecule has 1 aliphatic heterocycles. The molecule has 1 saturated heterocycles. The lowest BCUT2D eigenvalue weighted by Crippen LogP contribution is -2.55. The Bertz CT molecular complexity index is 325. The minimum Gasteiger partial charge on any atom is -0.480 e. The van der Waals surface area contributed by atoms with Gasteiger partial charge < -0.3 is 20.4 Å². The Hall–Kier alpha value is -1.30. The summed E-state index contributed by atoms with van der Waals surface area (Å²) >= 11 is 0. The van der Waals surface area contributed by atoms with E-state index in [9.17, 15) is 14.7 Å². The molecule has 2 atom stereocenters. The molecule has 1 heterocycles. The Balaban J connectivity index is 2.64. The molecular formula is C12H22N2O4. The number of urea groups is 1. The molecule has 0 aromatic carbocycles. The van der Waals surface area contributed by atoms with Gasteiger partial charge in [0, 0.05) is 13.1 Å². The zero-order chi connectivity index (χ0) is 13.9. The number of piperidine rings is 1. The second kappa shape index (κ2) is 5.56. The van der Waals surface area contributed by atoms with Gasteiger partial charge in [0.25, 0.3) is 0 Å². The number of likely N-dealkylation sites (tertiary alicyclic amines) is 1. The first-order chi connectivity index (χ1) is 8.21. The van der Waals surface area contributed by atoms with Crippen molar-refractivity contribution in [2.24, 2.45) is 5.41 Å². The standard InChI is InChI=1S/C12H22N2O4/c1-12(2,3)9(10(16)17)13-11(18)14-6-4-5-8(15)7-14/h8-9,15H,4-7H2,1-3H3,(H,13,18)(H,16,17). The molecule has 6 nitrogen and oxygen atoms in total. The number of aliphatic hydroxyl groups excluding tert-OH is 1. The van der Waals surface area contributed by atoms with Crippen molar-refractivity contribution >= 4 is 12.0 Å². The Morgan fingerprint density at radius 2 is 2.00 bits per heavy atom. The van der Waals surface area contributed by atoms with Crippen LogP contribution in [-0.4, -0.2) is 52.3 Å². The summed E-state index contributed by atoms with van der Waals surface area (Å²) in [7, 11) is 0. The Kier molecular flexibility index (Phi) is 4.56. The molecule has 0 radical (unpaired) electrons.